The van der Waals surface area contributed by atoms with Gasteiger partial charge in [-0.25, -0.2) is 0 Å². The zero-order valence-corrected chi connectivity index (χ0v) is 4.31. The van der Waals surface area contributed by atoms with Crippen LogP contribution in [0.25, 0.3) is 0 Å². The van der Waals surface area contributed by atoms with Crippen LogP contribution in [-0.4, -0.2) is 7.85 Å². The average molecular weight is 79.9 g/mol. The Balaban J connectivity index is 3.03. The third kappa shape index (κ3) is 3.80. The number of rotatable bonds is 1. The molecule has 0 saturated heterocycles. The van der Waals surface area contributed by atoms with Crippen molar-refractivity contribution in [2.24, 2.45) is 0 Å². The summed E-state index contributed by atoms with van der Waals surface area (Å²) >= 11 is 0. The van der Waals surface area contributed by atoms with Crippen LogP contribution in [0.2, 0.25) is 5.82 Å². The van der Waals surface area contributed by atoms with Gasteiger partial charge in [-0.1, -0.05) is 24.9 Å². The molecule has 0 N–H and O–H groups in total. The summed E-state index contributed by atoms with van der Waals surface area (Å²) in [7, 11) is 5.32. The first-order valence-electron chi connectivity index (χ1n) is 2.15. The normalized spacial score (nSPS) is 15.7. The molecule has 0 amide bonds. The first-order chi connectivity index (χ1) is 2.77. The maximum atomic E-state index is 5.32. The summed E-state index contributed by atoms with van der Waals surface area (Å²) in [6, 6.07) is 0. The Labute approximate surface area is 40.7 Å². The zero-order valence-electron chi connectivity index (χ0n) is 4.31. The van der Waals surface area contributed by atoms with E-state index < -0.39 is 0 Å². The van der Waals surface area contributed by atoms with Crippen LogP contribution in [0.1, 0.15) is 13.8 Å². The van der Waals surface area contributed by atoms with E-state index in [0.29, 0.717) is 0 Å². The minimum absolute atomic E-state index is 0.218. The largest absolute Gasteiger partial charge is 0.0947 e. The minimum Gasteiger partial charge on any atom is -0.0947 e. The predicted molar refractivity (Wildman–Crippen MR) is 30.0 cm³/mol. The topological polar surface area (TPSA) is 0 Å². The second-order valence-corrected chi connectivity index (χ2v) is 1.38. The van der Waals surface area contributed by atoms with E-state index >= 15 is 0 Å². The molecule has 0 aromatic carbocycles. The average Bonchev–Trinajstić information content (AvgIpc) is 1.35. The lowest BCUT2D eigenvalue weighted by Crippen LogP contribution is -1.72. The van der Waals surface area contributed by atoms with Crippen LogP contribution in [0.4, 0.5) is 0 Å². The van der Waals surface area contributed by atoms with E-state index in [-0.39, 0.29) is 5.82 Å². The highest BCUT2D eigenvalue weighted by Gasteiger charge is 1.76. The fourth-order valence-electron chi connectivity index (χ4n) is 0.304. The first-order valence-corrected chi connectivity index (χ1v) is 2.15. The van der Waals surface area contributed by atoms with Crippen molar-refractivity contribution < 1.29 is 0 Å². The molecule has 0 heterocycles. The molecule has 0 aliphatic heterocycles. The minimum atomic E-state index is 0.218. The van der Waals surface area contributed by atoms with Crippen LogP contribution in [0.3, 0.4) is 0 Å². The van der Waals surface area contributed by atoms with E-state index in [1.807, 2.05) is 26.0 Å². The molecule has 1 heteroatoms. The van der Waals surface area contributed by atoms with E-state index in [1.165, 1.54) is 0 Å². The van der Waals surface area contributed by atoms with Gasteiger partial charge < -0.3 is 0 Å². The number of allylic oxidation sites excluding steroid dienone is 2. The summed E-state index contributed by atoms with van der Waals surface area (Å²) in [5, 5.41) is 0. The molecular weight excluding hydrogens is 70.9 g/mol. The van der Waals surface area contributed by atoms with Crippen LogP contribution in [0, 0.1) is 0 Å². The Morgan fingerprint density at radius 2 is 2.17 bits per heavy atom. The van der Waals surface area contributed by atoms with Crippen molar-refractivity contribution in [1.82, 2.24) is 0 Å². The van der Waals surface area contributed by atoms with Gasteiger partial charge in [0.1, 0.15) is 0 Å². The third-order valence-corrected chi connectivity index (χ3v) is 0.496. The Bertz CT molecular complexity index is 45.9. The third-order valence-electron chi connectivity index (χ3n) is 0.496. The summed E-state index contributed by atoms with van der Waals surface area (Å²) in [6.45, 7) is 3.91. The van der Waals surface area contributed by atoms with Crippen molar-refractivity contribution in [2.75, 3.05) is 0 Å². The van der Waals surface area contributed by atoms with Gasteiger partial charge in [-0.3, -0.25) is 0 Å². The van der Waals surface area contributed by atoms with Crippen molar-refractivity contribution >= 4 is 7.85 Å². The molecule has 0 nitrogen and oxygen atoms in total. The fourth-order valence-corrected chi connectivity index (χ4v) is 0.304. The van der Waals surface area contributed by atoms with Gasteiger partial charge >= 0.3 is 0 Å². The van der Waals surface area contributed by atoms with Gasteiger partial charge in [0.05, 0.1) is 7.85 Å². The Morgan fingerprint density at radius 3 is 2.17 bits per heavy atom. The molecule has 0 aliphatic rings. The van der Waals surface area contributed by atoms with Gasteiger partial charge in [-0.2, -0.15) is 0 Å². The maximum absolute atomic E-state index is 5.32. The van der Waals surface area contributed by atoms with Crippen LogP contribution in [0.15, 0.2) is 12.2 Å². The number of hydrogen-bond acceptors (Lipinski definition) is 0. The van der Waals surface area contributed by atoms with E-state index in [4.69, 9.17) is 7.85 Å². The van der Waals surface area contributed by atoms with Gasteiger partial charge in [0.25, 0.3) is 0 Å². The molecule has 1 unspecified atom stereocenters. The predicted octanol–water partition coefficient (Wildman–Crippen LogP) is 1.54. The summed E-state index contributed by atoms with van der Waals surface area (Å²) in [5.41, 5.74) is 0. The van der Waals surface area contributed by atoms with Gasteiger partial charge in [0.15, 0.2) is 0 Å². The highest BCUT2D eigenvalue weighted by Crippen LogP contribution is 1.94. The van der Waals surface area contributed by atoms with E-state index in [9.17, 15) is 0 Å². The summed E-state index contributed by atoms with van der Waals surface area (Å²) < 4.78 is 0. The molecule has 32 valence electrons. The van der Waals surface area contributed by atoms with E-state index in [0.717, 1.165) is 0 Å². The fraction of sp³-hybridized carbons (Fsp3) is 0.600. The van der Waals surface area contributed by atoms with Crippen LogP contribution in [0.5, 0.6) is 0 Å². The zero-order chi connectivity index (χ0) is 4.99. The summed E-state index contributed by atoms with van der Waals surface area (Å²) in [5.74, 6) is 0.218. The molecule has 0 rings (SSSR count). The molecule has 0 aliphatic carbocycles. The number of hydrogen-bond donors (Lipinski definition) is 0. The van der Waals surface area contributed by atoms with Crippen LogP contribution in [-0.2, 0) is 0 Å². The lowest BCUT2D eigenvalue weighted by molar-refractivity contribution is 1.20. The Hall–Kier alpha value is -0.195. The summed E-state index contributed by atoms with van der Waals surface area (Å²) in [4.78, 5) is 0. The summed E-state index contributed by atoms with van der Waals surface area (Å²) in [6.07, 6.45) is 3.89. The van der Waals surface area contributed by atoms with Gasteiger partial charge in [0.2, 0.25) is 0 Å². The molecular formula is C5H9B. The van der Waals surface area contributed by atoms with E-state index in [1.54, 1.807) is 0 Å². The molecule has 0 bridgehead atoms. The smallest absolute Gasteiger partial charge is 0.0751 e. The molecule has 2 radical (unpaired) electrons. The van der Waals surface area contributed by atoms with Gasteiger partial charge in [-0.05, 0) is 6.92 Å². The SMILES string of the molecule is [B]C(C)/C=C/C. The maximum Gasteiger partial charge on any atom is 0.0751 e. The Morgan fingerprint density at radius 1 is 1.67 bits per heavy atom. The standard InChI is InChI=1S/C5H9B/c1-3-4-5(2)6/h3-5H,1-2H3/b4-3+. The quantitative estimate of drug-likeness (QED) is 0.331. The molecule has 0 aromatic rings. The van der Waals surface area contributed by atoms with Crippen LogP contribution >= 0.6 is 0 Å². The van der Waals surface area contributed by atoms with Crippen molar-refractivity contribution in [3.8, 4) is 0 Å². The molecule has 0 saturated carbocycles. The highest BCUT2D eigenvalue weighted by atomic mass is 13.7. The molecule has 0 fully saturated rings. The van der Waals surface area contributed by atoms with Crippen molar-refractivity contribution in [3.05, 3.63) is 12.2 Å². The molecule has 0 aromatic heterocycles. The first kappa shape index (κ1) is 5.80. The monoisotopic (exact) mass is 80.1 g/mol. The van der Waals surface area contributed by atoms with Crippen molar-refractivity contribution in [3.63, 3.8) is 0 Å². The lowest BCUT2D eigenvalue weighted by Gasteiger charge is -1.87. The van der Waals surface area contributed by atoms with Crippen molar-refractivity contribution in [2.45, 2.75) is 19.7 Å². The molecule has 1 atom stereocenters. The second-order valence-electron chi connectivity index (χ2n) is 1.38. The van der Waals surface area contributed by atoms with E-state index in [2.05, 4.69) is 0 Å². The second kappa shape index (κ2) is 3.01. The van der Waals surface area contributed by atoms with Crippen molar-refractivity contribution in [1.29, 1.82) is 0 Å². The highest BCUT2D eigenvalue weighted by molar-refractivity contribution is 6.12. The Kier molecular flexibility index (Phi) is 2.92. The van der Waals surface area contributed by atoms with Gasteiger partial charge in [0, 0.05) is 0 Å². The molecule has 6 heavy (non-hydrogen) atoms. The molecule has 0 spiro atoms. The van der Waals surface area contributed by atoms with Gasteiger partial charge in [-0.15, -0.1) is 0 Å². The lowest BCUT2D eigenvalue weighted by atomic mass is 9.90. The van der Waals surface area contributed by atoms with Crippen LogP contribution < -0.4 is 0 Å².